The molecule has 1 fully saturated rings. The van der Waals surface area contributed by atoms with Gasteiger partial charge >= 0.3 is 12.1 Å². The number of carbonyl (C=O) groups excluding carboxylic acids is 1. The molecule has 0 saturated carbocycles. The average Bonchev–Trinajstić information content (AvgIpc) is 2.82. The lowest BCUT2D eigenvalue weighted by Gasteiger charge is -2.36. The van der Waals surface area contributed by atoms with Crippen molar-refractivity contribution in [2.75, 3.05) is 6.54 Å². The van der Waals surface area contributed by atoms with Crippen LogP contribution < -0.4 is 0 Å². The van der Waals surface area contributed by atoms with E-state index in [9.17, 15) is 19.1 Å². The zero-order valence-electron chi connectivity index (χ0n) is 12.9. The van der Waals surface area contributed by atoms with Gasteiger partial charge in [-0.15, -0.1) is 0 Å². The van der Waals surface area contributed by atoms with Gasteiger partial charge in [0.1, 0.15) is 11.4 Å². The number of halogens is 1. The molecule has 1 unspecified atom stereocenters. The van der Waals surface area contributed by atoms with Crippen LogP contribution in [0.1, 0.15) is 39.2 Å². The van der Waals surface area contributed by atoms with E-state index in [0.717, 1.165) is 6.07 Å². The Balaban J connectivity index is 2.45. The summed E-state index contributed by atoms with van der Waals surface area (Å²) in [5.41, 5.74) is -2.06. The number of carboxylic acids is 1. The minimum Gasteiger partial charge on any atom is -0.479 e. The van der Waals surface area contributed by atoms with E-state index in [0.29, 0.717) is 6.42 Å². The Morgan fingerprint density at radius 2 is 2.05 bits per heavy atom. The van der Waals surface area contributed by atoms with Gasteiger partial charge in [0.15, 0.2) is 5.54 Å². The van der Waals surface area contributed by atoms with E-state index in [1.807, 2.05) is 0 Å². The molecule has 1 atom stereocenters. The van der Waals surface area contributed by atoms with Crippen molar-refractivity contribution in [1.82, 2.24) is 4.90 Å². The predicted octanol–water partition coefficient (Wildman–Crippen LogP) is 3.14. The van der Waals surface area contributed by atoms with Gasteiger partial charge < -0.3 is 9.84 Å². The second kappa shape index (κ2) is 5.59. The van der Waals surface area contributed by atoms with E-state index in [1.165, 1.54) is 23.1 Å². The zero-order chi connectivity index (χ0) is 16.5. The summed E-state index contributed by atoms with van der Waals surface area (Å²) in [5.74, 6) is -1.71. The Labute approximate surface area is 128 Å². The molecule has 6 heteroatoms. The number of rotatable bonds is 2. The topological polar surface area (TPSA) is 66.8 Å². The van der Waals surface area contributed by atoms with Crippen molar-refractivity contribution in [3.63, 3.8) is 0 Å². The maximum Gasteiger partial charge on any atom is 0.411 e. The Morgan fingerprint density at radius 1 is 1.36 bits per heavy atom. The van der Waals surface area contributed by atoms with Gasteiger partial charge in [0, 0.05) is 6.54 Å². The molecule has 0 aromatic heterocycles. The molecule has 1 N–H and O–H groups in total. The SMILES string of the molecule is CC(C)(C)OC(=O)N1CCCC1(C(=O)O)c1cccc(F)c1. The van der Waals surface area contributed by atoms with Gasteiger partial charge in [-0.25, -0.2) is 14.0 Å². The largest absolute Gasteiger partial charge is 0.479 e. The standard InChI is InChI=1S/C16H20FNO4/c1-15(2,3)22-14(21)18-9-5-8-16(18,13(19)20)11-6-4-7-12(17)10-11/h4,6-7,10H,5,8-9H2,1-3H3,(H,19,20). The number of nitrogens with zero attached hydrogens (tertiary/aromatic N) is 1. The average molecular weight is 309 g/mol. The van der Waals surface area contributed by atoms with Gasteiger partial charge in [-0.1, -0.05) is 12.1 Å². The molecule has 1 aromatic rings. The van der Waals surface area contributed by atoms with Crippen LogP contribution in [0.4, 0.5) is 9.18 Å². The molecule has 1 aliphatic heterocycles. The number of carbonyl (C=O) groups is 2. The fourth-order valence-corrected chi connectivity index (χ4v) is 2.77. The summed E-state index contributed by atoms with van der Waals surface area (Å²) in [4.78, 5) is 25.5. The zero-order valence-corrected chi connectivity index (χ0v) is 12.9. The highest BCUT2D eigenvalue weighted by molar-refractivity contribution is 5.86. The van der Waals surface area contributed by atoms with Crippen LogP contribution >= 0.6 is 0 Å². The third kappa shape index (κ3) is 2.91. The van der Waals surface area contributed by atoms with Crippen molar-refractivity contribution >= 4 is 12.1 Å². The Kier molecular flexibility index (Phi) is 4.13. The summed E-state index contributed by atoms with van der Waals surface area (Å²) >= 11 is 0. The summed E-state index contributed by atoms with van der Waals surface area (Å²) in [7, 11) is 0. The number of hydrogen-bond acceptors (Lipinski definition) is 3. The lowest BCUT2D eigenvalue weighted by atomic mass is 9.87. The molecule has 120 valence electrons. The van der Waals surface area contributed by atoms with Gasteiger partial charge in [0.2, 0.25) is 0 Å². The summed E-state index contributed by atoms with van der Waals surface area (Å²) in [6.45, 7) is 5.40. The highest BCUT2D eigenvalue weighted by Crippen LogP contribution is 2.40. The molecule has 1 aliphatic rings. The molecule has 0 spiro atoms. The van der Waals surface area contributed by atoms with Crippen LogP contribution in [-0.2, 0) is 15.1 Å². The molecule has 5 nitrogen and oxygen atoms in total. The van der Waals surface area contributed by atoms with Crippen molar-refractivity contribution in [2.24, 2.45) is 0 Å². The lowest BCUT2D eigenvalue weighted by molar-refractivity contribution is -0.150. The van der Waals surface area contributed by atoms with Crippen molar-refractivity contribution in [2.45, 2.75) is 44.8 Å². The van der Waals surface area contributed by atoms with Gasteiger partial charge in [0.05, 0.1) is 0 Å². The van der Waals surface area contributed by atoms with E-state index in [1.54, 1.807) is 20.8 Å². The third-order valence-electron chi connectivity index (χ3n) is 3.65. The van der Waals surface area contributed by atoms with Crippen LogP contribution in [0.5, 0.6) is 0 Å². The molecular weight excluding hydrogens is 289 g/mol. The Hall–Kier alpha value is -2.11. The summed E-state index contributed by atoms with van der Waals surface area (Å²) < 4.78 is 18.8. The molecule has 2 rings (SSSR count). The Morgan fingerprint density at radius 3 is 2.59 bits per heavy atom. The van der Waals surface area contributed by atoms with Gasteiger partial charge in [-0.2, -0.15) is 0 Å². The molecule has 1 amide bonds. The molecular formula is C16H20FNO4. The monoisotopic (exact) mass is 309 g/mol. The van der Waals surface area contributed by atoms with Gasteiger partial charge in [-0.05, 0) is 51.3 Å². The highest BCUT2D eigenvalue weighted by atomic mass is 19.1. The number of carboxylic acid groups (broad SMARTS) is 1. The summed E-state index contributed by atoms with van der Waals surface area (Å²) in [6.07, 6.45) is 0.0456. The van der Waals surface area contributed by atoms with Crippen LogP contribution in [0.3, 0.4) is 0 Å². The number of benzene rings is 1. The molecule has 1 aromatic carbocycles. The molecule has 0 radical (unpaired) electrons. The molecule has 1 saturated heterocycles. The maximum atomic E-state index is 13.5. The van der Waals surface area contributed by atoms with Crippen LogP contribution in [0.15, 0.2) is 24.3 Å². The number of amides is 1. The maximum absolute atomic E-state index is 13.5. The molecule has 22 heavy (non-hydrogen) atoms. The smallest absolute Gasteiger partial charge is 0.411 e. The Bertz CT molecular complexity index is 596. The van der Waals surface area contributed by atoms with Crippen molar-refractivity contribution in [1.29, 1.82) is 0 Å². The number of likely N-dealkylation sites (tertiary alicyclic amines) is 1. The summed E-state index contributed by atoms with van der Waals surface area (Å²) in [5, 5.41) is 9.75. The minimum absolute atomic E-state index is 0.227. The van der Waals surface area contributed by atoms with Crippen LogP contribution in [0.25, 0.3) is 0 Å². The second-order valence-electron chi connectivity index (χ2n) is 6.41. The van der Waals surface area contributed by atoms with E-state index in [4.69, 9.17) is 4.74 Å². The summed E-state index contributed by atoms with van der Waals surface area (Å²) in [6, 6.07) is 5.38. The lowest BCUT2D eigenvalue weighted by Crippen LogP contribution is -2.52. The first kappa shape index (κ1) is 16.3. The number of ether oxygens (including phenoxy) is 1. The minimum atomic E-state index is -1.58. The van der Waals surface area contributed by atoms with E-state index in [2.05, 4.69) is 0 Å². The quantitative estimate of drug-likeness (QED) is 0.911. The van der Waals surface area contributed by atoms with Crippen LogP contribution in [-0.4, -0.2) is 34.2 Å². The van der Waals surface area contributed by atoms with E-state index in [-0.39, 0.29) is 18.5 Å². The predicted molar refractivity (Wildman–Crippen MR) is 77.9 cm³/mol. The van der Waals surface area contributed by atoms with Crippen LogP contribution in [0, 0.1) is 5.82 Å². The first-order chi connectivity index (χ1) is 10.2. The van der Waals surface area contributed by atoms with Crippen molar-refractivity contribution < 1.29 is 23.8 Å². The van der Waals surface area contributed by atoms with Crippen LogP contribution in [0.2, 0.25) is 0 Å². The van der Waals surface area contributed by atoms with Crippen molar-refractivity contribution in [3.8, 4) is 0 Å². The van der Waals surface area contributed by atoms with E-state index >= 15 is 0 Å². The fraction of sp³-hybridized carbons (Fsp3) is 0.500. The molecule has 1 heterocycles. The molecule has 0 aliphatic carbocycles. The number of aliphatic carboxylic acids is 1. The first-order valence-electron chi connectivity index (χ1n) is 7.17. The normalized spacial score (nSPS) is 21.7. The van der Waals surface area contributed by atoms with Gasteiger partial charge in [-0.3, -0.25) is 4.90 Å². The molecule has 0 bridgehead atoms. The highest BCUT2D eigenvalue weighted by Gasteiger charge is 2.52. The second-order valence-corrected chi connectivity index (χ2v) is 6.41. The van der Waals surface area contributed by atoms with E-state index < -0.39 is 29.0 Å². The van der Waals surface area contributed by atoms with Crippen molar-refractivity contribution in [3.05, 3.63) is 35.6 Å². The van der Waals surface area contributed by atoms with Gasteiger partial charge in [0.25, 0.3) is 0 Å². The number of hydrogen-bond donors (Lipinski definition) is 1. The fourth-order valence-electron chi connectivity index (χ4n) is 2.77. The third-order valence-corrected chi connectivity index (χ3v) is 3.65. The first-order valence-corrected chi connectivity index (χ1v) is 7.17.